The summed E-state index contributed by atoms with van der Waals surface area (Å²) in [5.41, 5.74) is 22.8. The lowest BCUT2D eigenvalue weighted by molar-refractivity contribution is 0.769. The molecule has 0 spiro atoms. The Kier molecular flexibility index (Phi) is 10.5. The van der Waals surface area contributed by atoms with Gasteiger partial charge in [0.25, 0.3) is 0 Å². The van der Waals surface area contributed by atoms with E-state index < -0.39 is 5.41 Å². The van der Waals surface area contributed by atoms with Crippen LogP contribution < -0.4 is 0 Å². The maximum atomic E-state index is 5.36. The lowest BCUT2D eigenvalue weighted by Gasteiger charge is -2.34. The maximum Gasteiger partial charge on any atom is 0.0715 e. The standard InChI is InChI=1S/C70H47N/c1-5-20-48(21-6-1)52-26-17-29-55(40-52)59-44-68(50-23-7-2-8-24-50)71-69(45-59)58-31-19-28-54(43-58)53-27-18-30-56(42-53)64-47-67-65(46-63(64)57-39-38-49-22-13-14-25-51(49)41-57)62-36-15-16-37-66(62)70(67,60-32-9-3-10-33-60)61-34-11-4-12-35-61/h1-47H. The zero-order chi connectivity index (χ0) is 47.1. The van der Waals surface area contributed by atoms with Gasteiger partial charge < -0.3 is 0 Å². The van der Waals surface area contributed by atoms with Crippen molar-refractivity contribution >= 4 is 10.8 Å². The second-order valence-corrected chi connectivity index (χ2v) is 18.6. The summed E-state index contributed by atoms with van der Waals surface area (Å²) in [5.74, 6) is 0. The second-order valence-electron chi connectivity index (χ2n) is 18.6. The third kappa shape index (κ3) is 7.47. The monoisotopic (exact) mass is 901 g/mol. The lowest BCUT2D eigenvalue weighted by atomic mass is 9.67. The fraction of sp³-hybridized carbons (Fsp3) is 0.0143. The molecule has 12 aromatic rings. The van der Waals surface area contributed by atoms with E-state index in [2.05, 4.69) is 285 Å². The topological polar surface area (TPSA) is 12.9 Å². The highest BCUT2D eigenvalue weighted by molar-refractivity contribution is 5.98. The molecule has 1 nitrogen and oxygen atoms in total. The number of rotatable bonds is 9. The van der Waals surface area contributed by atoms with Crippen molar-refractivity contribution in [2.45, 2.75) is 5.41 Å². The largest absolute Gasteiger partial charge is 0.248 e. The predicted octanol–water partition coefficient (Wildman–Crippen LogP) is 18.3. The Morgan fingerprint density at radius 1 is 0.211 bits per heavy atom. The molecule has 0 saturated carbocycles. The number of aromatic nitrogens is 1. The average Bonchev–Trinajstić information content (AvgIpc) is 3.76. The summed E-state index contributed by atoms with van der Waals surface area (Å²) in [5, 5.41) is 2.46. The Hall–Kier alpha value is -9.17. The van der Waals surface area contributed by atoms with Crippen molar-refractivity contribution in [3.05, 3.63) is 307 Å². The first-order chi connectivity index (χ1) is 35.2. The molecule has 1 aromatic heterocycles. The van der Waals surface area contributed by atoms with Gasteiger partial charge in [-0.05, 0) is 148 Å². The Balaban J connectivity index is 0.981. The molecule has 332 valence electrons. The van der Waals surface area contributed by atoms with Crippen molar-refractivity contribution < 1.29 is 0 Å². The Labute approximate surface area is 415 Å². The molecule has 1 heterocycles. The van der Waals surface area contributed by atoms with Gasteiger partial charge >= 0.3 is 0 Å². The normalized spacial score (nSPS) is 12.3. The smallest absolute Gasteiger partial charge is 0.0715 e. The molecule has 1 aliphatic rings. The molecule has 71 heavy (non-hydrogen) atoms. The summed E-state index contributed by atoms with van der Waals surface area (Å²) >= 11 is 0. The van der Waals surface area contributed by atoms with Gasteiger partial charge in [0.2, 0.25) is 0 Å². The molecule has 0 fully saturated rings. The van der Waals surface area contributed by atoms with Crippen LogP contribution in [0, 0.1) is 0 Å². The van der Waals surface area contributed by atoms with Crippen molar-refractivity contribution in [1.29, 1.82) is 0 Å². The maximum absolute atomic E-state index is 5.36. The Morgan fingerprint density at radius 2 is 0.662 bits per heavy atom. The van der Waals surface area contributed by atoms with Gasteiger partial charge in [-0.3, -0.25) is 0 Å². The first-order valence-electron chi connectivity index (χ1n) is 24.5. The van der Waals surface area contributed by atoms with Crippen LogP contribution in [0.5, 0.6) is 0 Å². The minimum atomic E-state index is -0.528. The first kappa shape index (κ1) is 42.0. The van der Waals surface area contributed by atoms with Crippen LogP contribution in [0.3, 0.4) is 0 Å². The van der Waals surface area contributed by atoms with Crippen molar-refractivity contribution in [2.75, 3.05) is 0 Å². The van der Waals surface area contributed by atoms with Gasteiger partial charge in [0.15, 0.2) is 0 Å². The van der Waals surface area contributed by atoms with Crippen molar-refractivity contribution in [1.82, 2.24) is 4.98 Å². The summed E-state index contributed by atoms with van der Waals surface area (Å²) in [4.78, 5) is 5.36. The van der Waals surface area contributed by atoms with Crippen molar-refractivity contribution in [3.63, 3.8) is 0 Å². The Morgan fingerprint density at radius 3 is 1.34 bits per heavy atom. The average molecular weight is 902 g/mol. The number of hydrogen-bond acceptors (Lipinski definition) is 1. The third-order valence-electron chi connectivity index (χ3n) is 14.5. The van der Waals surface area contributed by atoms with Gasteiger partial charge in [-0.25, -0.2) is 4.98 Å². The minimum absolute atomic E-state index is 0.528. The molecule has 0 radical (unpaired) electrons. The highest BCUT2D eigenvalue weighted by Gasteiger charge is 2.46. The van der Waals surface area contributed by atoms with Crippen LogP contribution in [0.25, 0.3) is 100 Å². The van der Waals surface area contributed by atoms with Crippen molar-refractivity contribution in [3.8, 4) is 89.3 Å². The fourth-order valence-corrected chi connectivity index (χ4v) is 11.2. The summed E-state index contributed by atoms with van der Waals surface area (Å²) in [6, 6.07) is 104. The molecule has 0 aliphatic heterocycles. The molecule has 1 heteroatoms. The quantitative estimate of drug-likeness (QED) is 0.141. The van der Waals surface area contributed by atoms with Gasteiger partial charge in [-0.1, -0.05) is 237 Å². The van der Waals surface area contributed by atoms with Gasteiger partial charge in [0, 0.05) is 11.1 Å². The number of benzene rings is 11. The summed E-state index contributed by atoms with van der Waals surface area (Å²) < 4.78 is 0. The zero-order valence-corrected chi connectivity index (χ0v) is 39.1. The highest BCUT2D eigenvalue weighted by atomic mass is 14.7. The molecule has 1 aliphatic carbocycles. The molecule has 13 rings (SSSR count). The zero-order valence-electron chi connectivity index (χ0n) is 39.1. The molecular formula is C70H47N. The van der Waals surface area contributed by atoms with Gasteiger partial charge in [-0.15, -0.1) is 0 Å². The van der Waals surface area contributed by atoms with E-state index in [1.54, 1.807) is 0 Å². The molecular weight excluding hydrogens is 855 g/mol. The number of nitrogens with zero attached hydrogens (tertiary/aromatic N) is 1. The second kappa shape index (κ2) is 17.7. The van der Waals surface area contributed by atoms with E-state index in [-0.39, 0.29) is 0 Å². The van der Waals surface area contributed by atoms with Crippen LogP contribution in [0.4, 0.5) is 0 Å². The molecule has 0 saturated heterocycles. The molecule has 0 unspecified atom stereocenters. The van der Waals surface area contributed by atoms with E-state index in [1.807, 2.05) is 0 Å². The summed E-state index contributed by atoms with van der Waals surface area (Å²) in [6.07, 6.45) is 0. The lowest BCUT2D eigenvalue weighted by Crippen LogP contribution is -2.28. The molecule has 0 N–H and O–H groups in total. The number of pyridine rings is 1. The Bertz CT molecular complexity index is 3870. The fourth-order valence-electron chi connectivity index (χ4n) is 11.2. The van der Waals surface area contributed by atoms with Gasteiger partial charge in [0.05, 0.1) is 16.8 Å². The first-order valence-corrected chi connectivity index (χ1v) is 24.5. The van der Waals surface area contributed by atoms with Crippen LogP contribution >= 0.6 is 0 Å². The van der Waals surface area contributed by atoms with Crippen molar-refractivity contribution in [2.24, 2.45) is 0 Å². The number of fused-ring (bicyclic) bond motifs is 4. The molecule has 0 amide bonds. The van der Waals surface area contributed by atoms with Crippen LogP contribution in [0.1, 0.15) is 22.3 Å². The SMILES string of the molecule is c1ccc(-c2cccc(-c3cc(-c4ccccc4)nc(-c4cccc(-c5cccc(-c6cc7c(cc6-c6ccc8ccccc8c6)-c6ccccc6C7(c6ccccc6)c6ccccc6)c5)c4)c3)c2)cc1. The molecule has 0 bridgehead atoms. The van der Waals surface area contributed by atoms with Gasteiger partial charge in [-0.2, -0.15) is 0 Å². The van der Waals surface area contributed by atoms with E-state index in [1.165, 1.54) is 72.0 Å². The minimum Gasteiger partial charge on any atom is -0.248 e. The van der Waals surface area contributed by atoms with Crippen LogP contribution in [-0.2, 0) is 5.41 Å². The molecule has 11 aromatic carbocycles. The molecule has 0 atom stereocenters. The van der Waals surface area contributed by atoms with E-state index in [4.69, 9.17) is 4.98 Å². The van der Waals surface area contributed by atoms with E-state index in [9.17, 15) is 0 Å². The van der Waals surface area contributed by atoms with Crippen LogP contribution in [0.2, 0.25) is 0 Å². The number of hydrogen-bond donors (Lipinski definition) is 0. The van der Waals surface area contributed by atoms with E-state index in [0.29, 0.717) is 0 Å². The predicted molar refractivity (Wildman–Crippen MR) is 297 cm³/mol. The van der Waals surface area contributed by atoms with E-state index >= 15 is 0 Å². The highest BCUT2D eigenvalue weighted by Crippen LogP contribution is 2.58. The van der Waals surface area contributed by atoms with Gasteiger partial charge in [0.1, 0.15) is 0 Å². The van der Waals surface area contributed by atoms with E-state index in [0.717, 1.165) is 50.3 Å². The van der Waals surface area contributed by atoms with Crippen LogP contribution in [-0.4, -0.2) is 4.98 Å². The summed E-state index contributed by atoms with van der Waals surface area (Å²) in [6.45, 7) is 0. The third-order valence-corrected chi connectivity index (χ3v) is 14.5. The van der Waals surface area contributed by atoms with Crippen LogP contribution in [0.15, 0.2) is 285 Å². The summed E-state index contributed by atoms with van der Waals surface area (Å²) in [7, 11) is 0.